The Morgan fingerprint density at radius 2 is 1.75 bits per heavy atom. The van der Waals surface area contributed by atoms with Crippen LogP contribution in [0.15, 0.2) is 6.20 Å². The number of H-pyrrole nitrogens is 1. The van der Waals surface area contributed by atoms with Gasteiger partial charge in [-0.15, -0.1) is 0 Å². The molecule has 1 N–H and O–H groups in total. The summed E-state index contributed by atoms with van der Waals surface area (Å²) < 4.78 is 0. The highest BCUT2D eigenvalue weighted by atomic mass is 14.7. The van der Waals surface area contributed by atoms with E-state index in [1.165, 1.54) is 16.8 Å². The molecular weight excluding hydrogens is 146 g/mol. The van der Waals surface area contributed by atoms with Crippen molar-refractivity contribution < 1.29 is 0 Å². The zero-order chi connectivity index (χ0) is 9.56. The molecule has 1 heterocycles. The minimum absolute atomic E-state index is 1.12. The molecule has 0 bridgehead atoms. The van der Waals surface area contributed by atoms with Gasteiger partial charge in [-0.05, 0) is 30.9 Å². The van der Waals surface area contributed by atoms with E-state index in [9.17, 15) is 0 Å². The van der Waals surface area contributed by atoms with Crippen molar-refractivity contribution in [3.8, 4) is 0 Å². The van der Waals surface area contributed by atoms with Crippen molar-refractivity contribution in [2.45, 2.75) is 47.5 Å². The van der Waals surface area contributed by atoms with Gasteiger partial charge in [0.15, 0.2) is 0 Å². The molecule has 0 aliphatic heterocycles. The van der Waals surface area contributed by atoms with Crippen molar-refractivity contribution in [2.24, 2.45) is 0 Å². The number of aromatic nitrogens is 1. The van der Waals surface area contributed by atoms with Gasteiger partial charge < -0.3 is 4.98 Å². The van der Waals surface area contributed by atoms with Crippen LogP contribution >= 0.6 is 0 Å². The SMILES string of the molecule is CC.CCc1[nH]cc(C)c1CC. The molecule has 0 aliphatic rings. The van der Waals surface area contributed by atoms with E-state index >= 15 is 0 Å². The second-order valence-corrected chi connectivity index (χ2v) is 2.64. The first-order valence-electron chi connectivity index (χ1n) is 4.95. The van der Waals surface area contributed by atoms with Crippen LogP contribution in [0.5, 0.6) is 0 Å². The molecule has 1 aromatic heterocycles. The zero-order valence-electron chi connectivity index (χ0n) is 8.99. The van der Waals surface area contributed by atoms with E-state index in [0.717, 1.165) is 12.8 Å². The molecule has 0 aromatic carbocycles. The fraction of sp³-hybridized carbons (Fsp3) is 0.636. The van der Waals surface area contributed by atoms with Crippen molar-refractivity contribution in [1.82, 2.24) is 4.98 Å². The third-order valence-corrected chi connectivity index (χ3v) is 2.01. The quantitative estimate of drug-likeness (QED) is 0.694. The summed E-state index contributed by atoms with van der Waals surface area (Å²) >= 11 is 0. The van der Waals surface area contributed by atoms with Crippen LogP contribution in [0.3, 0.4) is 0 Å². The van der Waals surface area contributed by atoms with E-state index in [-0.39, 0.29) is 0 Å². The monoisotopic (exact) mass is 167 g/mol. The first-order chi connectivity index (χ1) is 5.79. The number of rotatable bonds is 2. The van der Waals surface area contributed by atoms with Gasteiger partial charge in [0.2, 0.25) is 0 Å². The molecule has 1 aromatic rings. The molecule has 0 radical (unpaired) electrons. The van der Waals surface area contributed by atoms with Crippen molar-refractivity contribution in [3.05, 3.63) is 23.0 Å². The van der Waals surface area contributed by atoms with Crippen LogP contribution in [-0.2, 0) is 12.8 Å². The fourth-order valence-electron chi connectivity index (χ4n) is 1.42. The number of aromatic amines is 1. The van der Waals surface area contributed by atoms with Crippen LogP contribution in [0.25, 0.3) is 0 Å². The van der Waals surface area contributed by atoms with Gasteiger partial charge in [-0.25, -0.2) is 0 Å². The molecule has 70 valence electrons. The maximum atomic E-state index is 3.27. The van der Waals surface area contributed by atoms with Crippen LogP contribution in [0.4, 0.5) is 0 Å². The van der Waals surface area contributed by atoms with Gasteiger partial charge in [-0.1, -0.05) is 27.7 Å². The second kappa shape index (κ2) is 5.87. The molecule has 1 nitrogen and oxygen atoms in total. The van der Waals surface area contributed by atoms with E-state index in [4.69, 9.17) is 0 Å². The van der Waals surface area contributed by atoms with E-state index in [2.05, 4.69) is 32.0 Å². The Morgan fingerprint density at radius 3 is 2.08 bits per heavy atom. The van der Waals surface area contributed by atoms with Gasteiger partial charge in [0.05, 0.1) is 0 Å². The average molecular weight is 167 g/mol. The van der Waals surface area contributed by atoms with Gasteiger partial charge in [0, 0.05) is 11.9 Å². The molecule has 1 rings (SSSR count). The van der Waals surface area contributed by atoms with Crippen molar-refractivity contribution >= 4 is 0 Å². The lowest BCUT2D eigenvalue weighted by atomic mass is 10.1. The Morgan fingerprint density at radius 1 is 1.17 bits per heavy atom. The van der Waals surface area contributed by atoms with Crippen LogP contribution in [0, 0.1) is 6.92 Å². The number of hydrogen-bond acceptors (Lipinski definition) is 0. The largest absolute Gasteiger partial charge is 0.365 e. The van der Waals surface area contributed by atoms with Gasteiger partial charge in [-0.2, -0.15) is 0 Å². The third-order valence-electron chi connectivity index (χ3n) is 2.01. The third kappa shape index (κ3) is 2.40. The van der Waals surface area contributed by atoms with Crippen molar-refractivity contribution in [2.75, 3.05) is 0 Å². The fourth-order valence-corrected chi connectivity index (χ4v) is 1.42. The number of nitrogens with one attached hydrogen (secondary N) is 1. The highest BCUT2D eigenvalue weighted by Gasteiger charge is 2.02. The molecule has 0 unspecified atom stereocenters. The minimum Gasteiger partial charge on any atom is -0.365 e. The summed E-state index contributed by atoms with van der Waals surface area (Å²) in [6.45, 7) is 10.5. The highest BCUT2D eigenvalue weighted by molar-refractivity contribution is 5.29. The highest BCUT2D eigenvalue weighted by Crippen LogP contribution is 2.13. The normalized spacial score (nSPS) is 9.08. The summed E-state index contributed by atoms with van der Waals surface area (Å²) in [7, 11) is 0. The Kier molecular flexibility index (Phi) is 5.52. The summed E-state index contributed by atoms with van der Waals surface area (Å²) in [6.07, 6.45) is 4.37. The van der Waals surface area contributed by atoms with Gasteiger partial charge in [0.1, 0.15) is 0 Å². The maximum absolute atomic E-state index is 3.27. The molecule has 0 aliphatic carbocycles. The van der Waals surface area contributed by atoms with E-state index in [0.29, 0.717) is 0 Å². The molecule has 0 atom stereocenters. The molecule has 0 amide bonds. The van der Waals surface area contributed by atoms with Crippen LogP contribution < -0.4 is 0 Å². The van der Waals surface area contributed by atoms with E-state index < -0.39 is 0 Å². The zero-order valence-corrected chi connectivity index (χ0v) is 8.99. The molecule has 0 fully saturated rings. The molecular formula is C11H21N. The predicted octanol–water partition coefficient (Wildman–Crippen LogP) is 3.47. The van der Waals surface area contributed by atoms with E-state index in [1.54, 1.807) is 0 Å². The van der Waals surface area contributed by atoms with Crippen molar-refractivity contribution in [1.29, 1.82) is 0 Å². The molecule has 0 spiro atoms. The minimum atomic E-state index is 1.12. The maximum Gasteiger partial charge on any atom is 0.0179 e. The lowest BCUT2D eigenvalue weighted by Gasteiger charge is -1.97. The van der Waals surface area contributed by atoms with Crippen LogP contribution in [0.1, 0.15) is 44.5 Å². The summed E-state index contributed by atoms with van der Waals surface area (Å²) in [5.41, 5.74) is 4.31. The Labute approximate surface area is 76.2 Å². The first kappa shape index (κ1) is 11.3. The van der Waals surface area contributed by atoms with Crippen LogP contribution in [0.2, 0.25) is 0 Å². The van der Waals surface area contributed by atoms with Crippen molar-refractivity contribution in [3.63, 3.8) is 0 Å². The Balaban J connectivity index is 0.000000561. The number of aryl methyl sites for hydroxylation is 2. The topological polar surface area (TPSA) is 15.8 Å². The number of hydrogen-bond donors (Lipinski definition) is 1. The van der Waals surface area contributed by atoms with Gasteiger partial charge in [-0.3, -0.25) is 0 Å². The summed E-state index contributed by atoms with van der Waals surface area (Å²) in [5.74, 6) is 0. The van der Waals surface area contributed by atoms with E-state index in [1.807, 2.05) is 13.8 Å². The molecule has 0 saturated carbocycles. The Bertz CT molecular complexity index is 211. The Hall–Kier alpha value is -0.720. The lowest BCUT2D eigenvalue weighted by molar-refractivity contribution is 0.997. The summed E-state index contributed by atoms with van der Waals surface area (Å²) in [4.78, 5) is 3.27. The lowest BCUT2D eigenvalue weighted by Crippen LogP contribution is -1.87. The summed E-state index contributed by atoms with van der Waals surface area (Å²) in [6, 6.07) is 0. The summed E-state index contributed by atoms with van der Waals surface area (Å²) in [5, 5.41) is 0. The molecule has 0 saturated heterocycles. The molecule has 12 heavy (non-hydrogen) atoms. The van der Waals surface area contributed by atoms with Gasteiger partial charge in [0.25, 0.3) is 0 Å². The second-order valence-electron chi connectivity index (χ2n) is 2.64. The average Bonchev–Trinajstić information content (AvgIpc) is 2.49. The first-order valence-corrected chi connectivity index (χ1v) is 4.95. The smallest absolute Gasteiger partial charge is 0.0179 e. The predicted molar refractivity (Wildman–Crippen MR) is 55.6 cm³/mol. The molecule has 1 heteroatoms. The standard InChI is InChI=1S/C9H15N.C2H6/c1-4-8-7(3)6-10-9(8)5-2;1-2/h6,10H,4-5H2,1-3H3;1-2H3. The van der Waals surface area contributed by atoms with Gasteiger partial charge >= 0.3 is 0 Å². The van der Waals surface area contributed by atoms with Crippen LogP contribution in [-0.4, -0.2) is 4.98 Å².